The molecule has 0 N–H and O–H groups in total. The molecule has 1 aromatic rings. The van der Waals surface area contributed by atoms with Gasteiger partial charge in [-0.2, -0.15) is 0 Å². The van der Waals surface area contributed by atoms with E-state index in [1.165, 1.54) is 6.92 Å². The topological polar surface area (TPSA) is 44.8 Å². The fourth-order valence-electron chi connectivity index (χ4n) is 1.61. The zero-order chi connectivity index (χ0) is 12.8. The monoisotopic (exact) mass is 238 g/mol. The molecule has 0 atom stereocenters. The van der Waals surface area contributed by atoms with Gasteiger partial charge in [-0.25, -0.2) is 0 Å². The molecule has 0 saturated carbocycles. The van der Waals surface area contributed by atoms with E-state index in [-0.39, 0.29) is 5.97 Å². The molecule has 0 radical (unpaired) electrons. The first-order valence-corrected chi connectivity index (χ1v) is 5.43. The molecule has 17 heavy (non-hydrogen) atoms. The van der Waals surface area contributed by atoms with Gasteiger partial charge in [-0.3, -0.25) is 4.79 Å². The molecule has 0 aliphatic heterocycles. The second kappa shape index (κ2) is 6.13. The minimum atomic E-state index is -0.275. The molecule has 1 rings (SSSR count). The van der Waals surface area contributed by atoms with Crippen LogP contribution in [0.4, 0.5) is 0 Å². The van der Waals surface area contributed by atoms with E-state index in [4.69, 9.17) is 14.2 Å². The van der Waals surface area contributed by atoms with E-state index in [1.54, 1.807) is 14.2 Å². The Morgan fingerprint density at radius 2 is 1.82 bits per heavy atom. The van der Waals surface area contributed by atoms with E-state index in [0.717, 1.165) is 22.6 Å². The quantitative estimate of drug-likeness (QED) is 0.737. The van der Waals surface area contributed by atoms with Gasteiger partial charge >= 0.3 is 5.97 Å². The Hall–Kier alpha value is -1.71. The van der Waals surface area contributed by atoms with E-state index in [2.05, 4.69) is 0 Å². The molecule has 94 valence electrons. The Morgan fingerprint density at radius 3 is 2.35 bits per heavy atom. The van der Waals surface area contributed by atoms with Gasteiger partial charge in [0.25, 0.3) is 0 Å². The minimum Gasteiger partial charge on any atom is -0.496 e. The van der Waals surface area contributed by atoms with Crippen LogP contribution in [-0.2, 0) is 16.0 Å². The summed E-state index contributed by atoms with van der Waals surface area (Å²) in [6.07, 6.45) is 0.611. The van der Waals surface area contributed by atoms with Crippen molar-refractivity contribution in [2.24, 2.45) is 0 Å². The molecule has 0 amide bonds. The smallest absolute Gasteiger partial charge is 0.302 e. The average molecular weight is 238 g/mol. The lowest BCUT2D eigenvalue weighted by atomic mass is 10.1. The van der Waals surface area contributed by atoms with Gasteiger partial charge in [-0.05, 0) is 24.6 Å². The highest BCUT2D eigenvalue weighted by Gasteiger charge is 2.08. The number of aryl methyl sites for hydroxylation is 1. The first kappa shape index (κ1) is 13.4. The molecule has 0 bridgehead atoms. The van der Waals surface area contributed by atoms with Crippen LogP contribution >= 0.6 is 0 Å². The van der Waals surface area contributed by atoms with Gasteiger partial charge in [0.05, 0.1) is 20.8 Å². The van der Waals surface area contributed by atoms with Crippen molar-refractivity contribution in [3.63, 3.8) is 0 Å². The lowest BCUT2D eigenvalue weighted by molar-refractivity contribution is -0.140. The van der Waals surface area contributed by atoms with Crippen LogP contribution in [0.15, 0.2) is 12.1 Å². The highest BCUT2D eigenvalue weighted by atomic mass is 16.5. The van der Waals surface area contributed by atoms with Gasteiger partial charge in [0.2, 0.25) is 0 Å². The van der Waals surface area contributed by atoms with Crippen LogP contribution in [0.2, 0.25) is 0 Å². The normalized spacial score (nSPS) is 9.88. The van der Waals surface area contributed by atoms with Gasteiger partial charge < -0.3 is 14.2 Å². The van der Waals surface area contributed by atoms with Crippen molar-refractivity contribution in [2.75, 3.05) is 20.8 Å². The summed E-state index contributed by atoms with van der Waals surface area (Å²) < 4.78 is 15.5. The molecule has 0 saturated heterocycles. The van der Waals surface area contributed by atoms with E-state index >= 15 is 0 Å². The van der Waals surface area contributed by atoms with Crippen LogP contribution in [0.25, 0.3) is 0 Å². The van der Waals surface area contributed by atoms with Crippen LogP contribution in [0, 0.1) is 6.92 Å². The standard InChI is InChI=1S/C13H18O4/c1-9-7-13(16-4)11(8-12(9)15-3)5-6-17-10(2)14/h7-8H,5-6H2,1-4H3. The number of hydrogen-bond acceptors (Lipinski definition) is 4. The first-order valence-electron chi connectivity index (χ1n) is 5.43. The molecular weight excluding hydrogens is 220 g/mol. The maximum Gasteiger partial charge on any atom is 0.302 e. The lowest BCUT2D eigenvalue weighted by Gasteiger charge is -2.12. The third-order valence-electron chi connectivity index (χ3n) is 2.47. The molecule has 1 aromatic carbocycles. The Balaban J connectivity index is 2.84. The van der Waals surface area contributed by atoms with Gasteiger partial charge in [0.1, 0.15) is 11.5 Å². The van der Waals surface area contributed by atoms with Crippen molar-refractivity contribution in [1.29, 1.82) is 0 Å². The third-order valence-corrected chi connectivity index (χ3v) is 2.47. The Labute approximate surface area is 101 Å². The number of carbonyl (C=O) groups is 1. The van der Waals surface area contributed by atoms with Gasteiger partial charge in [-0.15, -0.1) is 0 Å². The van der Waals surface area contributed by atoms with E-state index in [1.807, 2.05) is 19.1 Å². The van der Waals surface area contributed by atoms with Gasteiger partial charge in [0, 0.05) is 18.9 Å². The molecule has 4 heteroatoms. The van der Waals surface area contributed by atoms with E-state index in [9.17, 15) is 4.79 Å². The Kier molecular flexibility index (Phi) is 4.82. The molecule has 0 heterocycles. The molecule has 0 unspecified atom stereocenters. The number of hydrogen-bond donors (Lipinski definition) is 0. The maximum atomic E-state index is 10.7. The summed E-state index contributed by atoms with van der Waals surface area (Å²) in [6, 6.07) is 3.83. The number of esters is 1. The van der Waals surface area contributed by atoms with E-state index in [0.29, 0.717) is 13.0 Å². The summed E-state index contributed by atoms with van der Waals surface area (Å²) >= 11 is 0. The van der Waals surface area contributed by atoms with E-state index < -0.39 is 0 Å². The number of methoxy groups -OCH3 is 2. The fourth-order valence-corrected chi connectivity index (χ4v) is 1.61. The summed E-state index contributed by atoms with van der Waals surface area (Å²) in [6.45, 7) is 3.70. The Morgan fingerprint density at radius 1 is 1.18 bits per heavy atom. The minimum absolute atomic E-state index is 0.275. The van der Waals surface area contributed by atoms with Crippen LogP contribution in [0.5, 0.6) is 11.5 Å². The van der Waals surface area contributed by atoms with Crippen LogP contribution in [0.3, 0.4) is 0 Å². The molecule has 4 nitrogen and oxygen atoms in total. The predicted molar refractivity (Wildman–Crippen MR) is 64.6 cm³/mol. The Bertz CT molecular complexity index is 399. The largest absolute Gasteiger partial charge is 0.496 e. The number of benzene rings is 1. The molecule has 0 aliphatic rings. The number of carbonyl (C=O) groups excluding carboxylic acids is 1. The van der Waals surface area contributed by atoms with Crippen molar-refractivity contribution >= 4 is 5.97 Å². The molecule has 0 aromatic heterocycles. The molecule has 0 fully saturated rings. The second-order valence-corrected chi connectivity index (χ2v) is 3.72. The SMILES string of the molecule is COc1cc(CCOC(C)=O)c(OC)cc1C. The third kappa shape index (κ3) is 3.66. The van der Waals surface area contributed by atoms with Crippen molar-refractivity contribution in [3.8, 4) is 11.5 Å². The summed E-state index contributed by atoms with van der Waals surface area (Å²) in [5.74, 6) is 1.32. The van der Waals surface area contributed by atoms with Crippen molar-refractivity contribution in [3.05, 3.63) is 23.3 Å². The maximum absolute atomic E-state index is 10.7. The molecule has 0 spiro atoms. The van der Waals surface area contributed by atoms with Crippen LogP contribution < -0.4 is 9.47 Å². The van der Waals surface area contributed by atoms with Gasteiger partial charge in [-0.1, -0.05) is 0 Å². The zero-order valence-corrected chi connectivity index (χ0v) is 10.7. The zero-order valence-electron chi connectivity index (χ0n) is 10.7. The highest BCUT2D eigenvalue weighted by molar-refractivity contribution is 5.65. The molecular formula is C13H18O4. The summed E-state index contributed by atoms with van der Waals surface area (Å²) in [5, 5.41) is 0. The van der Waals surface area contributed by atoms with Crippen molar-refractivity contribution in [1.82, 2.24) is 0 Å². The summed E-state index contributed by atoms with van der Waals surface area (Å²) in [4.78, 5) is 10.7. The first-order chi connectivity index (χ1) is 8.08. The predicted octanol–water partition coefficient (Wildman–Crippen LogP) is 2.12. The summed E-state index contributed by atoms with van der Waals surface area (Å²) in [5.41, 5.74) is 1.98. The number of ether oxygens (including phenoxy) is 3. The number of rotatable bonds is 5. The summed E-state index contributed by atoms with van der Waals surface area (Å²) in [7, 11) is 3.25. The second-order valence-electron chi connectivity index (χ2n) is 3.72. The molecule has 0 aliphatic carbocycles. The lowest BCUT2D eigenvalue weighted by Crippen LogP contribution is -2.05. The van der Waals surface area contributed by atoms with Crippen molar-refractivity contribution < 1.29 is 19.0 Å². The van der Waals surface area contributed by atoms with Crippen LogP contribution in [0.1, 0.15) is 18.1 Å². The average Bonchev–Trinajstić information content (AvgIpc) is 2.30. The van der Waals surface area contributed by atoms with Gasteiger partial charge in [0.15, 0.2) is 0 Å². The van der Waals surface area contributed by atoms with Crippen LogP contribution in [-0.4, -0.2) is 26.8 Å². The fraction of sp³-hybridized carbons (Fsp3) is 0.462. The van der Waals surface area contributed by atoms with Crippen molar-refractivity contribution in [2.45, 2.75) is 20.3 Å². The highest BCUT2D eigenvalue weighted by Crippen LogP contribution is 2.28.